The first-order chi connectivity index (χ1) is 50.3. The number of aliphatic carboxylic acids is 4. The number of carbonyl (C=O) groups excluding carboxylic acids is 11. The van der Waals surface area contributed by atoms with Crippen LogP contribution in [0.1, 0.15) is 35.7 Å². The Labute approximate surface area is 596 Å². The normalized spacial score (nSPS) is 12.3. The minimum absolute atomic E-state index is 0.0134. The zero-order chi connectivity index (χ0) is 76.9. The van der Waals surface area contributed by atoms with Crippen molar-refractivity contribution in [2.75, 3.05) is 123 Å². The maximum absolute atomic E-state index is 13.9. The Balaban J connectivity index is 0.00000135. The number of hydrogen-bond donors (Lipinski definition) is 6. The molecule has 0 aromatic heterocycles. The van der Waals surface area contributed by atoms with Crippen LogP contribution in [0.2, 0.25) is 0 Å². The number of hydrogen-bond acceptors (Lipinski definition) is 25. The lowest BCUT2D eigenvalue weighted by atomic mass is 9.90. The molecule has 4 aliphatic rings. The van der Waals surface area contributed by atoms with Crippen LogP contribution >= 0.6 is 0 Å². The smallest absolute Gasteiger partial charge is 0.373 e. The van der Waals surface area contributed by atoms with Gasteiger partial charge in [0.1, 0.15) is 86.9 Å². The molecule has 1 aliphatic carbocycles. The lowest BCUT2D eigenvalue weighted by Gasteiger charge is -2.40. The monoisotopic (exact) mass is 1440 g/mol. The van der Waals surface area contributed by atoms with Gasteiger partial charge in [-0.3, -0.25) is 28.8 Å². The van der Waals surface area contributed by atoms with Crippen LogP contribution in [-0.2, 0) is 67.1 Å². The molecule has 3 heterocycles. The van der Waals surface area contributed by atoms with Gasteiger partial charge in [0.05, 0.1) is 35.0 Å². The van der Waals surface area contributed by atoms with Crippen LogP contribution in [-0.4, -0.2) is 180 Å². The highest BCUT2D eigenvalue weighted by Gasteiger charge is 2.39. The molecule has 0 radical (unpaired) electrons. The third-order valence-electron chi connectivity index (χ3n) is 16.0. The molecular formula is C73H69N7O25. The molecule has 6 N–H and O–H groups in total. The summed E-state index contributed by atoms with van der Waals surface area (Å²) in [5.41, 5.74) is 5.92. The Morgan fingerprint density at radius 1 is 0.533 bits per heavy atom. The molecule has 105 heavy (non-hydrogen) atoms. The van der Waals surface area contributed by atoms with Crippen molar-refractivity contribution in [1.82, 2.24) is 4.58 Å². The average Bonchev–Trinajstić information content (AvgIpc) is 0.740. The van der Waals surface area contributed by atoms with E-state index in [9.17, 15) is 59.1 Å². The van der Waals surface area contributed by atoms with Crippen LogP contribution in [0.15, 0.2) is 150 Å². The van der Waals surface area contributed by atoms with E-state index in [1.807, 2.05) is 70.1 Å². The lowest BCUT2D eigenvalue weighted by Crippen LogP contribution is -2.53. The fourth-order valence-electron chi connectivity index (χ4n) is 11.3. The third-order valence-corrected chi connectivity index (χ3v) is 16.0. The summed E-state index contributed by atoms with van der Waals surface area (Å²) in [6.07, 6.45) is 1.00. The van der Waals surface area contributed by atoms with Crippen molar-refractivity contribution in [2.45, 2.75) is 19.8 Å². The molecule has 0 saturated carbocycles. The molecule has 2 amide bonds. The van der Waals surface area contributed by atoms with Gasteiger partial charge in [-0.15, -0.1) is 0 Å². The summed E-state index contributed by atoms with van der Waals surface area (Å²) in [6, 6.07) is 41.8. The number of ether oxygens (including phenoxy) is 4. The second kappa shape index (κ2) is 39.3. The van der Waals surface area contributed by atoms with Gasteiger partial charge in [0, 0.05) is 90.6 Å². The van der Waals surface area contributed by atoms with Crippen LogP contribution in [0.5, 0.6) is 23.0 Å². The first kappa shape index (κ1) is 80.2. The number of nitrogens with one attached hydrogen (secondary N) is 2. The van der Waals surface area contributed by atoms with Gasteiger partial charge in [-0.25, -0.2) is 4.58 Å². The summed E-state index contributed by atoms with van der Waals surface area (Å²) in [5.74, 6) is -5.07. The summed E-state index contributed by atoms with van der Waals surface area (Å²) in [4.78, 5) is 158. The highest BCUT2D eigenvalue weighted by molar-refractivity contribution is 6.08. The summed E-state index contributed by atoms with van der Waals surface area (Å²) < 4.78 is 33.0. The summed E-state index contributed by atoms with van der Waals surface area (Å²) in [5, 5.41) is 58.0. The van der Waals surface area contributed by atoms with Crippen LogP contribution in [0, 0.1) is 11.8 Å². The minimum Gasteiger partial charge on any atom is -0.545 e. The van der Waals surface area contributed by atoms with Crippen molar-refractivity contribution in [3.8, 4) is 45.4 Å². The Kier molecular flexibility index (Phi) is 30.0. The number of para-hydroxylation sites is 3. The summed E-state index contributed by atoms with van der Waals surface area (Å²) >= 11 is 0. The minimum atomic E-state index is -1.35. The van der Waals surface area contributed by atoms with E-state index in [2.05, 4.69) is 24.5 Å². The van der Waals surface area contributed by atoms with Crippen LogP contribution in [0.25, 0.3) is 33.4 Å². The van der Waals surface area contributed by atoms with Gasteiger partial charge in [-0.1, -0.05) is 68.4 Å². The van der Waals surface area contributed by atoms with Crippen molar-refractivity contribution in [3.05, 3.63) is 162 Å². The van der Waals surface area contributed by atoms with Gasteiger partial charge < -0.3 is 83.9 Å². The molecule has 3 aliphatic heterocycles. The molecule has 0 unspecified atom stereocenters. The quantitative estimate of drug-likeness (QED) is 0.0215. The summed E-state index contributed by atoms with van der Waals surface area (Å²) in [7, 11) is 3.21. The Morgan fingerprint density at radius 2 is 1.00 bits per heavy atom. The summed E-state index contributed by atoms with van der Waals surface area (Å²) in [6.45, 7) is 3.92. The average molecular weight is 1440 g/mol. The number of carbonyl (C=O) groups is 7. The van der Waals surface area contributed by atoms with E-state index in [1.54, 1.807) is 91.8 Å². The predicted molar refractivity (Wildman–Crippen MR) is 365 cm³/mol. The van der Waals surface area contributed by atoms with Crippen molar-refractivity contribution < 1.29 is 121 Å². The molecule has 2 fully saturated rings. The van der Waals surface area contributed by atoms with Crippen LogP contribution < -0.4 is 64.2 Å². The number of aromatic carboxylic acids is 1. The molecule has 32 heteroatoms. The fourth-order valence-corrected chi connectivity index (χ4v) is 11.3. The number of carboxylic acid groups (broad SMARTS) is 5. The van der Waals surface area contributed by atoms with Gasteiger partial charge in [-0.2, -0.15) is 38.4 Å². The highest BCUT2D eigenvalue weighted by atomic mass is 16.5. The predicted octanol–water partition coefficient (Wildman–Crippen LogP) is 4.41. The number of benzene rings is 7. The molecule has 6 aromatic carbocycles. The SMILES string of the molecule is CC(C)c1ccccc1OCCOc1cc(NC(=O)C2CN(c3ccc4c(-c5ccccc5C(=O)[O-])c5ccc(=[N+]6CC(C(=O)Nc7ccc(N(C)CC(=O)O)c(OCCOc8ccccc8N(CC(=O)O)CC(=O)O)c7)C6)cc-5oc4c3)C2)ccc1N(C)CC(=O)O.O=C=O.O=C=O.O=C=O.O=C=O. The molecule has 2 saturated heterocycles. The fraction of sp³-hybridized carbons (Fsp3) is 0.260. The first-order valence-corrected chi connectivity index (χ1v) is 31.6. The standard InChI is InChI=1S/C69H69N7O17.4CO2/c1-41(2)48-11-7-9-15-56(48)89-25-27-91-60-29-44(17-23-53(60)72(3)37-62(77)78)70-67(85)42-33-74(34-42)46-19-21-51-58(31-46)93-59-32-47(20-22-52(59)66(51)49-12-5-6-13-50(49)69(87)88)75-35-43(36-75)68(86)71-45-18-24-54(73(4)38-63(79)80)61(30-45)92-28-26-90-57-16-10-8-14-55(57)76(39-64(81)82)40-65(83)84;4*2-1-3/h5-24,29-32,41-43H,25-28,33-40H2,1-4H3,(H6-,70,71,77,78,79,80,81,82,83,84,85,86,87,88);;;;. The van der Waals surface area contributed by atoms with Crippen molar-refractivity contribution in [2.24, 2.45) is 11.8 Å². The molecule has 0 bridgehead atoms. The number of anilines is 6. The van der Waals surface area contributed by atoms with Gasteiger partial charge in [-0.05, 0) is 77.7 Å². The van der Waals surface area contributed by atoms with E-state index >= 15 is 0 Å². The van der Waals surface area contributed by atoms with E-state index in [0.29, 0.717) is 88.1 Å². The van der Waals surface area contributed by atoms with Crippen molar-refractivity contribution in [1.29, 1.82) is 0 Å². The molecule has 32 nitrogen and oxygen atoms in total. The number of amides is 2. The van der Waals surface area contributed by atoms with Gasteiger partial charge >= 0.3 is 48.5 Å². The number of fused-ring (bicyclic) bond motifs is 2. The van der Waals surface area contributed by atoms with E-state index in [-0.39, 0.29) is 105 Å². The zero-order valence-electron chi connectivity index (χ0n) is 56.7. The molecule has 6 aromatic rings. The first-order valence-electron chi connectivity index (χ1n) is 31.6. The van der Waals surface area contributed by atoms with Crippen LogP contribution in [0.3, 0.4) is 0 Å². The van der Waals surface area contributed by atoms with Gasteiger partial charge in [0.2, 0.25) is 17.2 Å². The third kappa shape index (κ3) is 22.4. The number of likely N-dealkylation sites (N-methyl/N-ethyl adjacent to an activating group) is 2. The highest BCUT2D eigenvalue weighted by Crippen LogP contribution is 2.43. The molecule has 10 rings (SSSR count). The second-order valence-corrected chi connectivity index (χ2v) is 23.2. The number of nitrogens with zero attached hydrogens (tertiary/aromatic N) is 5. The Hall–Kier alpha value is -13.8. The lowest BCUT2D eigenvalue weighted by molar-refractivity contribution is -0.255. The molecule has 0 spiro atoms. The second-order valence-electron chi connectivity index (χ2n) is 23.2. The molecule has 546 valence electrons. The van der Waals surface area contributed by atoms with E-state index in [4.69, 9.17) is 61.7 Å². The Morgan fingerprint density at radius 3 is 1.51 bits per heavy atom. The van der Waals surface area contributed by atoms with Gasteiger partial charge in [0.25, 0.3) is 0 Å². The maximum Gasteiger partial charge on any atom is 0.373 e. The number of carboxylic acids is 5. The number of rotatable bonds is 29. The van der Waals surface area contributed by atoms with Crippen molar-refractivity contribution in [3.63, 3.8) is 0 Å². The Bertz CT molecular complexity index is 4570. The van der Waals surface area contributed by atoms with Gasteiger partial charge in [0.15, 0.2) is 19.0 Å². The molecule has 0 atom stereocenters. The zero-order valence-corrected chi connectivity index (χ0v) is 56.7. The largest absolute Gasteiger partial charge is 0.545 e. The van der Waals surface area contributed by atoms with E-state index in [1.165, 1.54) is 17.0 Å². The van der Waals surface area contributed by atoms with E-state index < -0.39 is 54.8 Å². The molecular weight excluding hydrogens is 1370 g/mol. The van der Waals surface area contributed by atoms with E-state index in [0.717, 1.165) is 27.3 Å². The van der Waals surface area contributed by atoms with Crippen molar-refractivity contribution >= 4 is 111 Å². The maximum atomic E-state index is 13.9. The van der Waals surface area contributed by atoms with Crippen LogP contribution in [0.4, 0.5) is 34.1 Å². The topological polar surface area (TPSA) is 450 Å².